The quantitative estimate of drug-likeness (QED) is 0.783. The normalized spacial score (nSPS) is 25.6. The summed E-state index contributed by atoms with van der Waals surface area (Å²) in [4.78, 5) is 5.23. The molecule has 0 bridgehead atoms. The van der Waals surface area contributed by atoms with E-state index >= 15 is 0 Å². The number of nitrogens with zero attached hydrogens (tertiary/aromatic N) is 2. The SMILES string of the molecule is CCC(C)N1CCN(CCNC2CCOCC2)CC1. The third-order valence-electron chi connectivity index (χ3n) is 4.70. The Labute approximate surface area is 118 Å². The van der Waals surface area contributed by atoms with Crippen molar-refractivity contribution in [2.24, 2.45) is 0 Å². The molecule has 4 heteroatoms. The van der Waals surface area contributed by atoms with Gasteiger partial charge in [-0.25, -0.2) is 0 Å². The highest BCUT2D eigenvalue weighted by atomic mass is 16.5. The van der Waals surface area contributed by atoms with Gasteiger partial charge < -0.3 is 10.1 Å². The lowest BCUT2D eigenvalue weighted by atomic mass is 10.1. The zero-order valence-corrected chi connectivity index (χ0v) is 12.7. The van der Waals surface area contributed by atoms with Gasteiger partial charge in [0.15, 0.2) is 0 Å². The standard InChI is InChI=1S/C15H31N3O/c1-3-14(2)18-10-8-17(9-11-18)7-6-16-15-4-12-19-13-5-15/h14-16H,3-13H2,1-2H3. The highest BCUT2D eigenvalue weighted by molar-refractivity contribution is 4.77. The summed E-state index contributed by atoms with van der Waals surface area (Å²) < 4.78 is 5.38. The number of hydrogen-bond donors (Lipinski definition) is 1. The minimum atomic E-state index is 0.690. The van der Waals surface area contributed by atoms with Crippen LogP contribution >= 0.6 is 0 Å². The van der Waals surface area contributed by atoms with Crippen molar-refractivity contribution in [3.05, 3.63) is 0 Å². The van der Waals surface area contributed by atoms with Gasteiger partial charge in [-0.3, -0.25) is 9.80 Å². The molecule has 0 amide bonds. The van der Waals surface area contributed by atoms with Crippen LogP contribution in [0.1, 0.15) is 33.1 Å². The molecule has 0 spiro atoms. The van der Waals surface area contributed by atoms with Crippen molar-refractivity contribution in [1.82, 2.24) is 15.1 Å². The summed E-state index contributed by atoms with van der Waals surface area (Å²) in [5.41, 5.74) is 0. The van der Waals surface area contributed by atoms with Crippen LogP contribution in [0.15, 0.2) is 0 Å². The lowest BCUT2D eigenvalue weighted by molar-refractivity contribution is 0.0742. The van der Waals surface area contributed by atoms with Crippen LogP contribution < -0.4 is 5.32 Å². The molecule has 2 heterocycles. The van der Waals surface area contributed by atoms with Crippen LogP contribution in [-0.4, -0.2) is 74.4 Å². The van der Waals surface area contributed by atoms with E-state index in [1.165, 1.54) is 52.0 Å². The molecule has 112 valence electrons. The minimum absolute atomic E-state index is 0.690. The predicted octanol–water partition coefficient (Wildman–Crippen LogP) is 1.17. The molecule has 0 aromatic heterocycles. The van der Waals surface area contributed by atoms with Crippen molar-refractivity contribution in [3.8, 4) is 0 Å². The first-order chi connectivity index (χ1) is 9.29. The minimum Gasteiger partial charge on any atom is -0.381 e. The summed E-state index contributed by atoms with van der Waals surface area (Å²) >= 11 is 0. The maximum atomic E-state index is 5.38. The molecule has 2 aliphatic rings. The lowest BCUT2D eigenvalue weighted by Gasteiger charge is -2.38. The maximum absolute atomic E-state index is 5.38. The number of piperazine rings is 1. The van der Waals surface area contributed by atoms with Gasteiger partial charge in [-0.1, -0.05) is 6.92 Å². The Kier molecular flexibility index (Phi) is 6.57. The fourth-order valence-corrected chi connectivity index (χ4v) is 3.01. The van der Waals surface area contributed by atoms with Crippen LogP contribution in [-0.2, 0) is 4.74 Å². The molecule has 1 atom stereocenters. The van der Waals surface area contributed by atoms with Crippen LogP contribution in [0.3, 0.4) is 0 Å². The second-order valence-electron chi connectivity index (χ2n) is 5.98. The van der Waals surface area contributed by atoms with Gasteiger partial charge in [0.05, 0.1) is 0 Å². The summed E-state index contributed by atoms with van der Waals surface area (Å²) in [5.74, 6) is 0. The smallest absolute Gasteiger partial charge is 0.0480 e. The van der Waals surface area contributed by atoms with E-state index in [4.69, 9.17) is 4.74 Å². The fraction of sp³-hybridized carbons (Fsp3) is 1.00. The highest BCUT2D eigenvalue weighted by Gasteiger charge is 2.20. The van der Waals surface area contributed by atoms with E-state index in [2.05, 4.69) is 29.0 Å². The van der Waals surface area contributed by atoms with Crippen LogP contribution in [0.2, 0.25) is 0 Å². The predicted molar refractivity (Wildman–Crippen MR) is 79.6 cm³/mol. The second-order valence-corrected chi connectivity index (χ2v) is 5.98. The Balaban J connectivity index is 1.55. The number of ether oxygens (including phenoxy) is 1. The molecule has 2 fully saturated rings. The Morgan fingerprint density at radius 1 is 1.16 bits per heavy atom. The summed E-state index contributed by atoms with van der Waals surface area (Å²) in [6.07, 6.45) is 3.63. The van der Waals surface area contributed by atoms with E-state index in [9.17, 15) is 0 Å². The van der Waals surface area contributed by atoms with E-state index in [0.717, 1.165) is 25.8 Å². The van der Waals surface area contributed by atoms with Crippen LogP contribution in [0.25, 0.3) is 0 Å². The molecule has 4 nitrogen and oxygen atoms in total. The summed E-state index contributed by atoms with van der Waals surface area (Å²) in [7, 11) is 0. The average Bonchev–Trinajstić information content (AvgIpc) is 2.48. The molecule has 1 N–H and O–H groups in total. The van der Waals surface area contributed by atoms with E-state index in [0.29, 0.717) is 6.04 Å². The molecule has 1 unspecified atom stereocenters. The molecule has 19 heavy (non-hydrogen) atoms. The average molecular weight is 269 g/mol. The molecule has 0 radical (unpaired) electrons. The third kappa shape index (κ3) is 5.03. The van der Waals surface area contributed by atoms with Crippen LogP contribution in [0, 0.1) is 0 Å². The van der Waals surface area contributed by atoms with E-state index in [1.807, 2.05) is 0 Å². The molecular weight excluding hydrogens is 238 g/mol. The number of rotatable bonds is 6. The molecular formula is C15H31N3O. The summed E-state index contributed by atoms with van der Waals surface area (Å²) in [6, 6.07) is 1.44. The van der Waals surface area contributed by atoms with Gasteiger partial charge in [0.25, 0.3) is 0 Å². The molecule has 2 saturated heterocycles. The maximum Gasteiger partial charge on any atom is 0.0480 e. The van der Waals surface area contributed by atoms with Gasteiger partial charge in [0, 0.05) is 64.6 Å². The fourth-order valence-electron chi connectivity index (χ4n) is 3.01. The third-order valence-corrected chi connectivity index (χ3v) is 4.70. The summed E-state index contributed by atoms with van der Waals surface area (Å²) in [6.45, 7) is 13.8. The van der Waals surface area contributed by atoms with Gasteiger partial charge in [0.2, 0.25) is 0 Å². The van der Waals surface area contributed by atoms with Crippen molar-refractivity contribution in [3.63, 3.8) is 0 Å². The number of nitrogens with one attached hydrogen (secondary N) is 1. The van der Waals surface area contributed by atoms with Crippen molar-refractivity contribution < 1.29 is 4.74 Å². The van der Waals surface area contributed by atoms with Gasteiger partial charge in [0.1, 0.15) is 0 Å². The van der Waals surface area contributed by atoms with Gasteiger partial charge in [-0.05, 0) is 26.2 Å². The number of hydrogen-bond acceptors (Lipinski definition) is 4. The first-order valence-electron chi connectivity index (χ1n) is 8.07. The van der Waals surface area contributed by atoms with Crippen molar-refractivity contribution in [1.29, 1.82) is 0 Å². The van der Waals surface area contributed by atoms with E-state index in [1.54, 1.807) is 0 Å². The first-order valence-corrected chi connectivity index (χ1v) is 8.07. The Bertz CT molecular complexity index is 236. The van der Waals surface area contributed by atoms with Crippen molar-refractivity contribution in [2.45, 2.75) is 45.2 Å². The van der Waals surface area contributed by atoms with E-state index < -0.39 is 0 Å². The van der Waals surface area contributed by atoms with Crippen LogP contribution in [0.5, 0.6) is 0 Å². The van der Waals surface area contributed by atoms with Gasteiger partial charge in [-0.15, -0.1) is 0 Å². The van der Waals surface area contributed by atoms with E-state index in [-0.39, 0.29) is 0 Å². The molecule has 0 saturated carbocycles. The highest BCUT2D eigenvalue weighted by Crippen LogP contribution is 2.09. The molecule has 0 aliphatic carbocycles. The molecule has 0 aromatic rings. The second kappa shape index (κ2) is 8.20. The first kappa shape index (κ1) is 15.2. The topological polar surface area (TPSA) is 27.7 Å². The summed E-state index contributed by atoms with van der Waals surface area (Å²) in [5, 5.41) is 3.68. The molecule has 2 rings (SSSR count). The Morgan fingerprint density at radius 3 is 2.47 bits per heavy atom. The Hall–Kier alpha value is -0.160. The Morgan fingerprint density at radius 2 is 1.84 bits per heavy atom. The largest absolute Gasteiger partial charge is 0.381 e. The molecule has 2 aliphatic heterocycles. The van der Waals surface area contributed by atoms with Crippen molar-refractivity contribution in [2.75, 3.05) is 52.5 Å². The molecule has 0 aromatic carbocycles. The monoisotopic (exact) mass is 269 g/mol. The zero-order valence-electron chi connectivity index (χ0n) is 12.7. The lowest BCUT2D eigenvalue weighted by Crippen LogP contribution is -2.51. The zero-order chi connectivity index (χ0) is 13.5. The van der Waals surface area contributed by atoms with Gasteiger partial charge >= 0.3 is 0 Å². The van der Waals surface area contributed by atoms with Crippen LogP contribution in [0.4, 0.5) is 0 Å². The van der Waals surface area contributed by atoms with Crippen molar-refractivity contribution >= 4 is 0 Å². The van der Waals surface area contributed by atoms with Gasteiger partial charge in [-0.2, -0.15) is 0 Å².